The van der Waals surface area contributed by atoms with E-state index >= 15 is 0 Å². The molecular weight excluding hydrogens is 244 g/mol. The molecular formula is C12H15F2NO3. The van der Waals surface area contributed by atoms with Gasteiger partial charge >= 0.3 is 5.97 Å². The molecule has 0 bridgehead atoms. The molecule has 0 unspecified atom stereocenters. The molecule has 2 rings (SSSR count). The van der Waals surface area contributed by atoms with Crippen LogP contribution in [0.3, 0.4) is 0 Å². The van der Waals surface area contributed by atoms with Crippen molar-refractivity contribution in [2.45, 2.75) is 44.4 Å². The lowest BCUT2D eigenvalue weighted by atomic mass is 9.84. The quantitative estimate of drug-likeness (QED) is 0.782. The molecule has 1 aromatic rings. The van der Waals surface area contributed by atoms with Crippen LogP contribution in [0.5, 0.6) is 0 Å². The van der Waals surface area contributed by atoms with Gasteiger partial charge in [-0.3, -0.25) is 0 Å². The Balaban J connectivity index is 2.10. The van der Waals surface area contributed by atoms with Crippen molar-refractivity contribution in [3.05, 3.63) is 17.8 Å². The zero-order chi connectivity index (χ0) is 13.2. The molecule has 0 aromatic carbocycles. The summed E-state index contributed by atoms with van der Waals surface area (Å²) in [7, 11) is 0. The fourth-order valence-corrected chi connectivity index (χ4v) is 2.20. The van der Waals surface area contributed by atoms with E-state index in [1.54, 1.807) is 6.92 Å². The first-order valence-electron chi connectivity index (χ1n) is 6.02. The van der Waals surface area contributed by atoms with Gasteiger partial charge in [-0.1, -0.05) is 0 Å². The maximum Gasteiger partial charge on any atom is 0.360 e. The van der Waals surface area contributed by atoms with Gasteiger partial charge in [0.1, 0.15) is 5.76 Å². The summed E-state index contributed by atoms with van der Waals surface area (Å²) in [5, 5.41) is 0. The van der Waals surface area contributed by atoms with Gasteiger partial charge in [0, 0.05) is 18.8 Å². The third-order valence-electron chi connectivity index (χ3n) is 3.15. The summed E-state index contributed by atoms with van der Waals surface area (Å²) in [6.07, 6.45) is 1.40. The van der Waals surface area contributed by atoms with E-state index in [0.717, 1.165) is 6.39 Å². The van der Waals surface area contributed by atoms with Crippen LogP contribution in [0.1, 0.15) is 54.8 Å². The number of ether oxygens (including phenoxy) is 1. The van der Waals surface area contributed by atoms with Gasteiger partial charge in [-0.2, -0.15) is 0 Å². The van der Waals surface area contributed by atoms with Crippen LogP contribution >= 0.6 is 0 Å². The number of halogens is 2. The Morgan fingerprint density at radius 2 is 2.22 bits per heavy atom. The van der Waals surface area contributed by atoms with Crippen molar-refractivity contribution >= 4 is 5.97 Å². The summed E-state index contributed by atoms with van der Waals surface area (Å²) in [5.41, 5.74) is 0.118. The lowest BCUT2D eigenvalue weighted by molar-refractivity contribution is -0.0395. The lowest BCUT2D eigenvalue weighted by Gasteiger charge is -2.26. The SMILES string of the molecule is CCOC(=O)c1ncoc1C1CCC(F)(F)CC1. The smallest absolute Gasteiger partial charge is 0.360 e. The number of hydrogen-bond acceptors (Lipinski definition) is 4. The summed E-state index contributed by atoms with van der Waals surface area (Å²) < 4.78 is 36.2. The molecule has 18 heavy (non-hydrogen) atoms. The normalized spacial score (nSPS) is 19.7. The predicted octanol–water partition coefficient (Wildman–Crippen LogP) is 3.14. The van der Waals surface area contributed by atoms with Crippen molar-refractivity contribution in [2.24, 2.45) is 0 Å². The molecule has 0 radical (unpaired) electrons. The molecule has 1 heterocycles. The molecule has 1 fully saturated rings. The topological polar surface area (TPSA) is 52.3 Å². The summed E-state index contributed by atoms with van der Waals surface area (Å²) in [6.45, 7) is 1.94. The lowest BCUT2D eigenvalue weighted by Crippen LogP contribution is -2.24. The number of nitrogens with zero attached hydrogens (tertiary/aromatic N) is 1. The van der Waals surface area contributed by atoms with Gasteiger partial charge in [-0.05, 0) is 19.8 Å². The van der Waals surface area contributed by atoms with Crippen molar-refractivity contribution < 1.29 is 22.7 Å². The molecule has 100 valence electrons. The van der Waals surface area contributed by atoms with E-state index < -0.39 is 11.9 Å². The van der Waals surface area contributed by atoms with Gasteiger partial charge in [0.15, 0.2) is 12.1 Å². The maximum atomic E-state index is 13.1. The first kappa shape index (κ1) is 13.0. The molecule has 0 atom stereocenters. The third-order valence-corrected chi connectivity index (χ3v) is 3.15. The van der Waals surface area contributed by atoms with Crippen LogP contribution in [0.15, 0.2) is 10.8 Å². The average Bonchev–Trinajstić information content (AvgIpc) is 2.78. The summed E-state index contributed by atoms with van der Waals surface area (Å²) in [5.74, 6) is -2.95. The van der Waals surface area contributed by atoms with E-state index in [9.17, 15) is 13.6 Å². The predicted molar refractivity (Wildman–Crippen MR) is 58.6 cm³/mol. The van der Waals surface area contributed by atoms with Crippen LogP contribution in [0.4, 0.5) is 8.78 Å². The maximum absolute atomic E-state index is 13.1. The monoisotopic (exact) mass is 259 g/mol. The molecule has 0 aliphatic heterocycles. The minimum atomic E-state index is -2.60. The number of aromatic nitrogens is 1. The molecule has 0 spiro atoms. The van der Waals surface area contributed by atoms with E-state index in [1.165, 1.54) is 0 Å². The van der Waals surface area contributed by atoms with E-state index in [0.29, 0.717) is 18.6 Å². The second kappa shape index (κ2) is 5.04. The van der Waals surface area contributed by atoms with E-state index in [4.69, 9.17) is 9.15 Å². The number of alkyl halides is 2. The summed E-state index contributed by atoms with van der Waals surface area (Å²) in [6, 6.07) is 0. The molecule has 0 amide bonds. The van der Waals surface area contributed by atoms with Gasteiger partial charge in [0.2, 0.25) is 5.92 Å². The number of oxazole rings is 1. The van der Waals surface area contributed by atoms with Crippen molar-refractivity contribution in [1.82, 2.24) is 4.98 Å². The number of rotatable bonds is 3. The molecule has 1 aromatic heterocycles. The molecule has 0 saturated heterocycles. The first-order valence-corrected chi connectivity index (χ1v) is 6.02. The van der Waals surface area contributed by atoms with Crippen molar-refractivity contribution in [1.29, 1.82) is 0 Å². The third kappa shape index (κ3) is 2.68. The van der Waals surface area contributed by atoms with E-state index in [2.05, 4.69) is 4.98 Å². The Labute approximate surface area is 103 Å². The number of esters is 1. The second-order valence-electron chi connectivity index (χ2n) is 4.42. The molecule has 0 N–H and O–H groups in total. The highest BCUT2D eigenvalue weighted by atomic mass is 19.3. The minimum absolute atomic E-state index is 0.118. The standard InChI is InChI=1S/C12H15F2NO3/c1-2-17-11(16)9-10(18-7-15-9)8-3-5-12(13,14)6-4-8/h7-8H,2-6H2,1H3. The van der Waals surface area contributed by atoms with Crippen molar-refractivity contribution in [3.8, 4) is 0 Å². The van der Waals surface area contributed by atoms with Gasteiger partial charge in [0.05, 0.1) is 6.61 Å². The first-order chi connectivity index (χ1) is 8.53. The van der Waals surface area contributed by atoms with Gasteiger partial charge in [-0.25, -0.2) is 18.6 Å². The van der Waals surface area contributed by atoms with Crippen molar-refractivity contribution in [3.63, 3.8) is 0 Å². The minimum Gasteiger partial charge on any atom is -0.461 e. The summed E-state index contributed by atoms with van der Waals surface area (Å²) in [4.78, 5) is 15.4. The number of carbonyl (C=O) groups is 1. The van der Waals surface area contributed by atoms with E-state index in [1.807, 2.05) is 0 Å². The largest absolute Gasteiger partial charge is 0.461 e. The highest BCUT2D eigenvalue weighted by Crippen LogP contribution is 2.41. The van der Waals surface area contributed by atoms with Crippen LogP contribution in [0.25, 0.3) is 0 Å². The van der Waals surface area contributed by atoms with Gasteiger partial charge in [0.25, 0.3) is 0 Å². The molecule has 1 saturated carbocycles. The van der Waals surface area contributed by atoms with Gasteiger partial charge in [-0.15, -0.1) is 0 Å². The highest BCUT2D eigenvalue weighted by Gasteiger charge is 2.38. The van der Waals surface area contributed by atoms with Gasteiger partial charge < -0.3 is 9.15 Å². The Morgan fingerprint density at radius 3 is 2.83 bits per heavy atom. The Hall–Kier alpha value is -1.46. The fraction of sp³-hybridized carbons (Fsp3) is 0.667. The highest BCUT2D eigenvalue weighted by molar-refractivity contribution is 5.88. The Bertz CT molecular complexity index is 421. The second-order valence-corrected chi connectivity index (χ2v) is 4.42. The zero-order valence-corrected chi connectivity index (χ0v) is 10.1. The number of hydrogen-bond donors (Lipinski definition) is 0. The van der Waals surface area contributed by atoms with Crippen LogP contribution in [0, 0.1) is 0 Å². The number of carbonyl (C=O) groups excluding carboxylic acids is 1. The van der Waals surface area contributed by atoms with Crippen LogP contribution in [-0.4, -0.2) is 23.5 Å². The Kier molecular flexibility index (Phi) is 3.63. The van der Waals surface area contributed by atoms with Crippen LogP contribution in [0.2, 0.25) is 0 Å². The van der Waals surface area contributed by atoms with E-state index in [-0.39, 0.29) is 31.1 Å². The zero-order valence-electron chi connectivity index (χ0n) is 10.1. The van der Waals surface area contributed by atoms with Crippen LogP contribution in [-0.2, 0) is 4.74 Å². The Morgan fingerprint density at radius 1 is 1.56 bits per heavy atom. The van der Waals surface area contributed by atoms with Crippen LogP contribution < -0.4 is 0 Å². The molecule has 4 nitrogen and oxygen atoms in total. The van der Waals surface area contributed by atoms with Crippen molar-refractivity contribution in [2.75, 3.05) is 6.61 Å². The summed E-state index contributed by atoms with van der Waals surface area (Å²) >= 11 is 0. The molecule has 1 aliphatic carbocycles. The molecule has 1 aliphatic rings. The fourth-order valence-electron chi connectivity index (χ4n) is 2.20. The average molecular weight is 259 g/mol. The molecule has 6 heteroatoms.